The first kappa shape index (κ1) is 18.1. The Kier molecular flexibility index (Phi) is 6.22. The van der Waals surface area contributed by atoms with Gasteiger partial charge in [0.05, 0.1) is 33.2 Å². The van der Waals surface area contributed by atoms with Gasteiger partial charge in [0.2, 0.25) is 5.75 Å². The number of carbonyl (C=O) groups is 1. The number of benzene rings is 1. The Morgan fingerprint density at radius 3 is 2.28 bits per heavy atom. The summed E-state index contributed by atoms with van der Waals surface area (Å²) >= 11 is 0. The lowest BCUT2D eigenvalue weighted by Crippen LogP contribution is -2.14. The third-order valence-corrected chi connectivity index (χ3v) is 3.37. The number of ether oxygens (including phenoxy) is 3. The second-order valence-electron chi connectivity index (χ2n) is 4.97. The molecule has 0 fully saturated rings. The highest BCUT2D eigenvalue weighted by atomic mass is 16.5. The maximum atomic E-state index is 12.4. The SMILES string of the molecule is C=CCNc1ccc(C(=O)Nc2cc(OC)c(OC)c(OC)c2)nc1. The highest BCUT2D eigenvalue weighted by molar-refractivity contribution is 6.03. The first-order valence-corrected chi connectivity index (χ1v) is 7.55. The van der Waals surface area contributed by atoms with E-state index in [1.54, 1.807) is 36.5 Å². The second kappa shape index (κ2) is 8.58. The van der Waals surface area contributed by atoms with Gasteiger partial charge in [-0.1, -0.05) is 6.08 Å². The lowest BCUT2D eigenvalue weighted by atomic mass is 10.2. The van der Waals surface area contributed by atoms with Gasteiger partial charge in [-0.2, -0.15) is 0 Å². The molecule has 0 radical (unpaired) electrons. The number of nitrogens with zero attached hydrogens (tertiary/aromatic N) is 1. The summed E-state index contributed by atoms with van der Waals surface area (Å²) in [6.45, 7) is 4.26. The van der Waals surface area contributed by atoms with Crippen LogP contribution in [0.15, 0.2) is 43.1 Å². The number of carbonyl (C=O) groups excluding carboxylic acids is 1. The third-order valence-electron chi connectivity index (χ3n) is 3.37. The lowest BCUT2D eigenvalue weighted by Gasteiger charge is -2.14. The van der Waals surface area contributed by atoms with Gasteiger partial charge in [0.1, 0.15) is 5.69 Å². The minimum absolute atomic E-state index is 0.290. The summed E-state index contributed by atoms with van der Waals surface area (Å²) in [5.41, 5.74) is 1.61. The van der Waals surface area contributed by atoms with Gasteiger partial charge in [-0.3, -0.25) is 4.79 Å². The zero-order valence-corrected chi connectivity index (χ0v) is 14.5. The molecule has 0 saturated carbocycles. The van der Waals surface area contributed by atoms with Crippen LogP contribution in [0.25, 0.3) is 0 Å². The van der Waals surface area contributed by atoms with E-state index in [1.165, 1.54) is 21.3 Å². The normalized spacial score (nSPS) is 9.88. The minimum atomic E-state index is -0.343. The first-order valence-electron chi connectivity index (χ1n) is 7.55. The molecule has 25 heavy (non-hydrogen) atoms. The van der Waals surface area contributed by atoms with Gasteiger partial charge in [0, 0.05) is 24.4 Å². The molecule has 0 atom stereocenters. The zero-order chi connectivity index (χ0) is 18.2. The van der Waals surface area contributed by atoms with Crippen LogP contribution in [0.1, 0.15) is 10.5 Å². The molecule has 0 bridgehead atoms. The Morgan fingerprint density at radius 1 is 1.12 bits per heavy atom. The van der Waals surface area contributed by atoms with E-state index in [9.17, 15) is 4.79 Å². The molecule has 0 aliphatic heterocycles. The number of amides is 1. The summed E-state index contributed by atoms with van der Waals surface area (Å²) in [6, 6.07) is 6.72. The fourth-order valence-electron chi connectivity index (χ4n) is 2.17. The standard InChI is InChI=1S/C18H21N3O4/c1-5-8-19-12-6-7-14(20-11-12)18(22)21-13-9-15(23-2)17(25-4)16(10-13)24-3/h5-7,9-11,19H,1,8H2,2-4H3,(H,21,22). The van der Waals surface area contributed by atoms with E-state index in [1.807, 2.05) is 0 Å². The van der Waals surface area contributed by atoms with Crippen molar-refractivity contribution in [1.29, 1.82) is 0 Å². The van der Waals surface area contributed by atoms with Crippen LogP contribution in [0.2, 0.25) is 0 Å². The van der Waals surface area contributed by atoms with Crippen LogP contribution in [0.3, 0.4) is 0 Å². The number of anilines is 2. The highest BCUT2D eigenvalue weighted by Gasteiger charge is 2.15. The fourth-order valence-corrected chi connectivity index (χ4v) is 2.17. The molecular formula is C18H21N3O4. The topological polar surface area (TPSA) is 81.7 Å². The first-order chi connectivity index (χ1) is 12.1. The summed E-state index contributed by atoms with van der Waals surface area (Å²) in [5, 5.41) is 5.86. The van der Waals surface area contributed by atoms with E-state index in [0.717, 1.165) is 5.69 Å². The van der Waals surface area contributed by atoms with E-state index < -0.39 is 0 Å². The molecule has 0 aliphatic rings. The number of hydrogen-bond donors (Lipinski definition) is 2. The van der Waals surface area contributed by atoms with Crippen molar-refractivity contribution in [2.24, 2.45) is 0 Å². The Bertz CT molecular complexity index is 719. The van der Waals surface area contributed by atoms with Crippen LogP contribution in [0.5, 0.6) is 17.2 Å². The average Bonchev–Trinajstić information content (AvgIpc) is 2.65. The van der Waals surface area contributed by atoms with Crippen molar-refractivity contribution in [3.63, 3.8) is 0 Å². The molecule has 7 nitrogen and oxygen atoms in total. The van der Waals surface area contributed by atoms with E-state index >= 15 is 0 Å². The van der Waals surface area contributed by atoms with E-state index in [-0.39, 0.29) is 11.6 Å². The van der Waals surface area contributed by atoms with Crippen LogP contribution < -0.4 is 24.8 Å². The molecule has 0 unspecified atom stereocenters. The maximum absolute atomic E-state index is 12.4. The number of hydrogen-bond acceptors (Lipinski definition) is 6. The maximum Gasteiger partial charge on any atom is 0.274 e. The summed E-state index contributed by atoms with van der Waals surface area (Å²) in [5.74, 6) is 1.02. The van der Waals surface area contributed by atoms with Gasteiger partial charge >= 0.3 is 0 Å². The molecule has 0 aliphatic carbocycles. The van der Waals surface area contributed by atoms with Gasteiger partial charge < -0.3 is 24.8 Å². The largest absolute Gasteiger partial charge is 0.493 e. The number of nitrogens with one attached hydrogen (secondary N) is 2. The quantitative estimate of drug-likeness (QED) is 0.717. The molecule has 1 amide bonds. The predicted octanol–water partition coefficient (Wildman–Crippen LogP) is 2.96. The van der Waals surface area contributed by atoms with Gasteiger partial charge in [0.25, 0.3) is 5.91 Å². The summed E-state index contributed by atoms with van der Waals surface area (Å²) in [6.07, 6.45) is 3.33. The third kappa shape index (κ3) is 4.41. The molecule has 0 saturated heterocycles. The number of aromatic nitrogens is 1. The monoisotopic (exact) mass is 343 g/mol. The molecule has 7 heteroatoms. The van der Waals surface area contributed by atoms with Crippen molar-refractivity contribution in [3.05, 3.63) is 48.8 Å². The zero-order valence-electron chi connectivity index (χ0n) is 14.5. The summed E-state index contributed by atoms with van der Waals surface area (Å²) in [7, 11) is 4.54. The van der Waals surface area contributed by atoms with Crippen LogP contribution in [0, 0.1) is 0 Å². The molecule has 1 aromatic heterocycles. The molecular weight excluding hydrogens is 322 g/mol. The molecule has 1 heterocycles. The van der Waals surface area contributed by atoms with Crippen LogP contribution in [0.4, 0.5) is 11.4 Å². The Balaban J connectivity index is 2.18. The van der Waals surface area contributed by atoms with Crippen molar-refractivity contribution in [2.75, 3.05) is 38.5 Å². The fraction of sp³-hybridized carbons (Fsp3) is 0.222. The number of methoxy groups -OCH3 is 3. The molecule has 0 spiro atoms. The van der Waals surface area contributed by atoms with E-state index in [4.69, 9.17) is 14.2 Å². The molecule has 2 N–H and O–H groups in total. The predicted molar refractivity (Wildman–Crippen MR) is 97.0 cm³/mol. The summed E-state index contributed by atoms with van der Waals surface area (Å²) in [4.78, 5) is 16.5. The Hall–Kier alpha value is -3.22. The minimum Gasteiger partial charge on any atom is -0.493 e. The molecule has 2 aromatic rings. The average molecular weight is 343 g/mol. The number of rotatable bonds is 8. The van der Waals surface area contributed by atoms with Gasteiger partial charge in [-0.25, -0.2) is 4.98 Å². The molecule has 2 rings (SSSR count). The Labute approximate surface area is 146 Å². The van der Waals surface area contributed by atoms with Gasteiger partial charge in [-0.05, 0) is 12.1 Å². The van der Waals surface area contributed by atoms with Crippen molar-refractivity contribution < 1.29 is 19.0 Å². The van der Waals surface area contributed by atoms with E-state index in [0.29, 0.717) is 29.5 Å². The van der Waals surface area contributed by atoms with Crippen molar-refractivity contribution in [3.8, 4) is 17.2 Å². The highest BCUT2D eigenvalue weighted by Crippen LogP contribution is 2.39. The smallest absolute Gasteiger partial charge is 0.274 e. The van der Waals surface area contributed by atoms with E-state index in [2.05, 4.69) is 22.2 Å². The lowest BCUT2D eigenvalue weighted by molar-refractivity contribution is 0.102. The number of pyridine rings is 1. The van der Waals surface area contributed by atoms with Crippen molar-refractivity contribution in [2.45, 2.75) is 0 Å². The van der Waals surface area contributed by atoms with Crippen LogP contribution in [-0.4, -0.2) is 38.8 Å². The molecule has 132 valence electrons. The summed E-state index contributed by atoms with van der Waals surface area (Å²) < 4.78 is 15.8. The molecule has 1 aromatic carbocycles. The van der Waals surface area contributed by atoms with Gasteiger partial charge in [-0.15, -0.1) is 6.58 Å². The Morgan fingerprint density at radius 2 is 1.80 bits per heavy atom. The van der Waals surface area contributed by atoms with Crippen molar-refractivity contribution >= 4 is 17.3 Å². The van der Waals surface area contributed by atoms with Crippen molar-refractivity contribution in [1.82, 2.24) is 4.98 Å². The van der Waals surface area contributed by atoms with Crippen LogP contribution in [-0.2, 0) is 0 Å². The van der Waals surface area contributed by atoms with Crippen LogP contribution >= 0.6 is 0 Å². The van der Waals surface area contributed by atoms with Gasteiger partial charge in [0.15, 0.2) is 11.5 Å². The second-order valence-corrected chi connectivity index (χ2v) is 4.97.